The summed E-state index contributed by atoms with van der Waals surface area (Å²) in [6, 6.07) is 8.70. The van der Waals surface area contributed by atoms with Crippen LogP contribution in [0.5, 0.6) is 0 Å². The molecule has 1 heterocycles. The van der Waals surface area contributed by atoms with E-state index in [4.69, 9.17) is 0 Å². The predicted octanol–water partition coefficient (Wildman–Crippen LogP) is 4.11. The summed E-state index contributed by atoms with van der Waals surface area (Å²) in [5.41, 5.74) is 0. The van der Waals surface area contributed by atoms with Gasteiger partial charge in [0.25, 0.3) is 0 Å². The zero-order chi connectivity index (χ0) is 14.4. The average Bonchev–Trinajstić information content (AvgIpc) is 2.90. The maximum Gasteiger partial charge on any atom is 0.126 e. The Kier molecular flexibility index (Phi) is 6.13. The Morgan fingerprint density at radius 2 is 2.10 bits per heavy atom. The van der Waals surface area contributed by atoms with Crippen LogP contribution in [0.3, 0.4) is 0 Å². The van der Waals surface area contributed by atoms with Crippen molar-refractivity contribution in [1.29, 1.82) is 0 Å². The van der Waals surface area contributed by atoms with E-state index in [2.05, 4.69) is 68.2 Å². The van der Waals surface area contributed by atoms with Crippen LogP contribution in [0.15, 0.2) is 46.0 Å². The molecule has 1 N–H and O–H groups in total. The molecule has 2 rings (SSSR count). The second-order valence-corrected chi connectivity index (χ2v) is 6.59. The summed E-state index contributed by atoms with van der Waals surface area (Å²) >= 11 is 5.31. The molecule has 20 heavy (non-hydrogen) atoms. The molecule has 0 aliphatic rings. The first kappa shape index (κ1) is 15.6. The highest BCUT2D eigenvalue weighted by molar-refractivity contribution is 9.10. The van der Waals surface area contributed by atoms with Gasteiger partial charge in [0.1, 0.15) is 5.82 Å². The highest BCUT2D eigenvalue weighted by Crippen LogP contribution is 2.25. The Bertz CT molecular complexity index is 524. The van der Waals surface area contributed by atoms with E-state index >= 15 is 0 Å². The van der Waals surface area contributed by atoms with Gasteiger partial charge in [0.05, 0.1) is 6.04 Å². The predicted molar refractivity (Wildman–Crippen MR) is 89.2 cm³/mol. The summed E-state index contributed by atoms with van der Waals surface area (Å²) < 4.78 is 3.36. The lowest BCUT2D eigenvalue weighted by Crippen LogP contribution is -2.23. The van der Waals surface area contributed by atoms with Gasteiger partial charge in [0, 0.05) is 34.1 Å². The van der Waals surface area contributed by atoms with Gasteiger partial charge in [0.15, 0.2) is 0 Å². The molecule has 3 nitrogen and oxygen atoms in total. The van der Waals surface area contributed by atoms with Gasteiger partial charge in [-0.2, -0.15) is 0 Å². The number of aromatic nitrogens is 2. The Hall–Kier alpha value is -0.780. The number of nitrogens with one attached hydrogen (secondary N) is 1. The summed E-state index contributed by atoms with van der Waals surface area (Å²) in [6.07, 6.45) is 5.08. The number of thioether (sulfide) groups is 1. The van der Waals surface area contributed by atoms with E-state index in [1.165, 1.54) is 4.90 Å². The summed E-state index contributed by atoms with van der Waals surface area (Å²) in [5, 5.41) is 3.37. The Labute approximate surface area is 133 Å². The van der Waals surface area contributed by atoms with Gasteiger partial charge >= 0.3 is 0 Å². The van der Waals surface area contributed by atoms with Crippen LogP contribution in [0.2, 0.25) is 0 Å². The maximum atomic E-state index is 4.51. The number of nitrogens with zero attached hydrogens (tertiary/aromatic N) is 2. The first-order chi connectivity index (χ1) is 9.74. The molecule has 0 spiro atoms. The van der Waals surface area contributed by atoms with Crippen molar-refractivity contribution in [1.82, 2.24) is 14.9 Å². The van der Waals surface area contributed by atoms with E-state index in [9.17, 15) is 0 Å². The molecule has 0 bridgehead atoms. The SMILES string of the molecule is CCCn1ccnc1C(CSc1ccc(Br)cc1)NC. The van der Waals surface area contributed by atoms with Gasteiger partial charge in [-0.3, -0.25) is 0 Å². The molecular formula is C15H20BrN3S. The lowest BCUT2D eigenvalue weighted by atomic mass is 10.3. The molecule has 1 aromatic carbocycles. The molecule has 0 aliphatic heterocycles. The smallest absolute Gasteiger partial charge is 0.126 e. The van der Waals surface area contributed by atoms with Crippen molar-refractivity contribution >= 4 is 27.7 Å². The normalized spacial score (nSPS) is 12.6. The van der Waals surface area contributed by atoms with E-state index in [1.54, 1.807) is 0 Å². The average molecular weight is 354 g/mol. The minimum atomic E-state index is 0.269. The van der Waals surface area contributed by atoms with Gasteiger partial charge < -0.3 is 9.88 Å². The molecule has 0 radical (unpaired) electrons. The van der Waals surface area contributed by atoms with E-state index < -0.39 is 0 Å². The maximum absolute atomic E-state index is 4.51. The third kappa shape index (κ3) is 4.11. The van der Waals surface area contributed by atoms with Crippen LogP contribution >= 0.6 is 27.7 Å². The number of imidazole rings is 1. The fourth-order valence-electron chi connectivity index (χ4n) is 2.06. The molecule has 0 aliphatic carbocycles. The van der Waals surface area contributed by atoms with Crippen LogP contribution in [0.4, 0.5) is 0 Å². The van der Waals surface area contributed by atoms with Crippen molar-refractivity contribution in [2.75, 3.05) is 12.8 Å². The Morgan fingerprint density at radius 3 is 2.75 bits per heavy atom. The van der Waals surface area contributed by atoms with Gasteiger partial charge in [-0.1, -0.05) is 22.9 Å². The molecule has 0 saturated carbocycles. The van der Waals surface area contributed by atoms with Crippen LogP contribution in [-0.2, 0) is 6.54 Å². The fourth-order valence-corrected chi connectivity index (χ4v) is 3.33. The van der Waals surface area contributed by atoms with Crippen molar-refractivity contribution in [3.8, 4) is 0 Å². The molecule has 108 valence electrons. The Balaban J connectivity index is 2.01. The molecule has 2 aromatic rings. The van der Waals surface area contributed by atoms with E-state index in [-0.39, 0.29) is 6.04 Å². The first-order valence-electron chi connectivity index (χ1n) is 6.81. The number of rotatable bonds is 7. The van der Waals surface area contributed by atoms with Crippen molar-refractivity contribution < 1.29 is 0 Å². The summed E-state index contributed by atoms with van der Waals surface area (Å²) in [7, 11) is 2.00. The van der Waals surface area contributed by atoms with Gasteiger partial charge in [-0.15, -0.1) is 11.8 Å². The van der Waals surface area contributed by atoms with Crippen LogP contribution in [0.1, 0.15) is 25.2 Å². The van der Waals surface area contributed by atoms with Gasteiger partial charge in [-0.25, -0.2) is 4.98 Å². The number of aryl methyl sites for hydroxylation is 1. The molecule has 0 saturated heterocycles. The van der Waals surface area contributed by atoms with Crippen LogP contribution in [-0.4, -0.2) is 22.4 Å². The molecule has 0 amide bonds. The highest BCUT2D eigenvalue weighted by Gasteiger charge is 2.15. The van der Waals surface area contributed by atoms with Crippen molar-refractivity contribution in [3.63, 3.8) is 0 Å². The fraction of sp³-hybridized carbons (Fsp3) is 0.400. The van der Waals surface area contributed by atoms with Gasteiger partial charge in [0.2, 0.25) is 0 Å². The summed E-state index contributed by atoms with van der Waals surface area (Å²) in [5.74, 6) is 2.10. The van der Waals surface area contributed by atoms with E-state index in [0.29, 0.717) is 0 Å². The van der Waals surface area contributed by atoms with E-state index in [1.807, 2.05) is 25.0 Å². The minimum absolute atomic E-state index is 0.269. The molecule has 1 unspecified atom stereocenters. The highest BCUT2D eigenvalue weighted by atomic mass is 79.9. The number of benzene rings is 1. The van der Waals surface area contributed by atoms with Gasteiger partial charge in [-0.05, 0) is 37.7 Å². The summed E-state index contributed by atoms with van der Waals surface area (Å²) in [4.78, 5) is 5.79. The minimum Gasteiger partial charge on any atom is -0.334 e. The van der Waals surface area contributed by atoms with Crippen molar-refractivity contribution in [3.05, 3.63) is 47.0 Å². The molecule has 1 aromatic heterocycles. The molecule has 5 heteroatoms. The van der Waals surface area contributed by atoms with Crippen LogP contribution in [0.25, 0.3) is 0 Å². The van der Waals surface area contributed by atoms with Crippen molar-refractivity contribution in [2.45, 2.75) is 30.8 Å². The third-order valence-electron chi connectivity index (χ3n) is 3.10. The first-order valence-corrected chi connectivity index (χ1v) is 8.59. The van der Waals surface area contributed by atoms with E-state index in [0.717, 1.165) is 29.0 Å². The van der Waals surface area contributed by atoms with Crippen LogP contribution < -0.4 is 5.32 Å². The standard InChI is InChI=1S/C15H20BrN3S/c1-3-9-19-10-8-18-15(19)14(17-2)11-20-13-6-4-12(16)5-7-13/h4-8,10,14,17H,3,9,11H2,1-2H3. The summed E-state index contributed by atoms with van der Waals surface area (Å²) in [6.45, 7) is 3.21. The zero-order valence-electron chi connectivity index (χ0n) is 11.8. The quantitative estimate of drug-likeness (QED) is 0.759. The second-order valence-electron chi connectivity index (χ2n) is 4.59. The Morgan fingerprint density at radius 1 is 1.35 bits per heavy atom. The molecule has 0 fully saturated rings. The zero-order valence-corrected chi connectivity index (χ0v) is 14.2. The third-order valence-corrected chi connectivity index (χ3v) is 4.74. The largest absolute Gasteiger partial charge is 0.334 e. The number of hydrogen-bond acceptors (Lipinski definition) is 3. The number of halogens is 1. The lowest BCUT2D eigenvalue weighted by Gasteiger charge is -2.17. The number of hydrogen-bond donors (Lipinski definition) is 1. The second kappa shape index (κ2) is 7.86. The molecular weight excluding hydrogens is 334 g/mol. The lowest BCUT2D eigenvalue weighted by molar-refractivity contribution is 0.552. The van der Waals surface area contributed by atoms with Crippen LogP contribution in [0, 0.1) is 0 Å². The molecule has 1 atom stereocenters. The monoisotopic (exact) mass is 353 g/mol. The van der Waals surface area contributed by atoms with Crippen molar-refractivity contribution in [2.24, 2.45) is 0 Å². The topological polar surface area (TPSA) is 29.9 Å².